The molecule has 3 rings (SSSR count). The Morgan fingerprint density at radius 2 is 1.72 bits per heavy atom. The molecule has 0 aliphatic heterocycles. The van der Waals surface area contributed by atoms with Crippen molar-refractivity contribution in [3.05, 3.63) is 70.5 Å². The van der Waals surface area contributed by atoms with Crippen LogP contribution in [0.25, 0.3) is 10.9 Å². The van der Waals surface area contributed by atoms with Crippen LogP contribution in [0.2, 0.25) is 0 Å². The van der Waals surface area contributed by atoms with Crippen molar-refractivity contribution in [2.75, 3.05) is 5.75 Å². The van der Waals surface area contributed by atoms with Gasteiger partial charge in [-0.3, -0.25) is 29.8 Å². The summed E-state index contributed by atoms with van der Waals surface area (Å²) in [6, 6.07) is 15.8. The predicted molar refractivity (Wildman–Crippen MR) is 114 cm³/mol. The number of aromatic nitrogens is 2. The number of amides is 2. The summed E-state index contributed by atoms with van der Waals surface area (Å²) in [5.74, 6) is -0.533. The van der Waals surface area contributed by atoms with E-state index in [1.165, 1.54) is 0 Å². The van der Waals surface area contributed by atoms with Gasteiger partial charge in [0.05, 0.1) is 16.7 Å². The third-order valence-electron chi connectivity index (χ3n) is 4.06. The van der Waals surface area contributed by atoms with Gasteiger partial charge < -0.3 is 0 Å². The van der Waals surface area contributed by atoms with Crippen LogP contribution in [0.5, 0.6) is 0 Å². The van der Waals surface area contributed by atoms with Gasteiger partial charge in [0.25, 0.3) is 11.5 Å². The van der Waals surface area contributed by atoms with Crippen molar-refractivity contribution in [2.24, 2.45) is 5.92 Å². The zero-order valence-corrected chi connectivity index (χ0v) is 17.0. The topological polar surface area (TPSA) is 93.1 Å². The van der Waals surface area contributed by atoms with Crippen molar-refractivity contribution >= 4 is 34.5 Å². The van der Waals surface area contributed by atoms with Crippen molar-refractivity contribution < 1.29 is 9.59 Å². The number of para-hydroxylation sites is 1. The van der Waals surface area contributed by atoms with Crippen LogP contribution in [0.15, 0.2) is 64.5 Å². The van der Waals surface area contributed by atoms with Crippen LogP contribution in [0, 0.1) is 5.92 Å². The number of carbonyl (C=O) groups is 2. The Kier molecular flexibility index (Phi) is 6.66. The molecule has 29 heavy (non-hydrogen) atoms. The first kappa shape index (κ1) is 20.6. The van der Waals surface area contributed by atoms with Gasteiger partial charge in [0, 0.05) is 12.1 Å². The first-order valence-electron chi connectivity index (χ1n) is 9.22. The molecule has 0 bridgehead atoms. The lowest BCUT2D eigenvalue weighted by Crippen LogP contribution is -2.42. The van der Waals surface area contributed by atoms with Gasteiger partial charge in [-0.1, -0.05) is 55.9 Å². The summed E-state index contributed by atoms with van der Waals surface area (Å²) in [4.78, 5) is 41.6. The molecule has 0 saturated carbocycles. The Hall–Kier alpha value is -3.13. The van der Waals surface area contributed by atoms with E-state index in [2.05, 4.69) is 15.8 Å². The Morgan fingerprint density at radius 1 is 1.03 bits per heavy atom. The zero-order chi connectivity index (χ0) is 20.8. The molecule has 0 saturated heterocycles. The van der Waals surface area contributed by atoms with Crippen LogP contribution in [-0.2, 0) is 11.3 Å². The first-order valence-corrected chi connectivity index (χ1v) is 10.2. The summed E-state index contributed by atoms with van der Waals surface area (Å²) < 4.78 is 1.60. The SMILES string of the molecule is CC(C)Cn1c(SCC(=O)NNC(=O)c2ccccc2)nc2ccccc2c1=O. The number of hydrogen-bond acceptors (Lipinski definition) is 5. The maximum Gasteiger partial charge on any atom is 0.269 e. The summed E-state index contributed by atoms with van der Waals surface area (Å²) in [6.45, 7) is 4.54. The highest BCUT2D eigenvalue weighted by Gasteiger charge is 2.14. The molecule has 0 aliphatic carbocycles. The maximum absolute atomic E-state index is 12.9. The van der Waals surface area contributed by atoms with Crippen molar-refractivity contribution in [1.29, 1.82) is 0 Å². The monoisotopic (exact) mass is 410 g/mol. The fourth-order valence-corrected chi connectivity index (χ4v) is 3.55. The molecule has 0 radical (unpaired) electrons. The van der Waals surface area contributed by atoms with E-state index >= 15 is 0 Å². The van der Waals surface area contributed by atoms with Crippen molar-refractivity contribution in [3.8, 4) is 0 Å². The number of benzene rings is 2. The average Bonchev–Trinajstić information content (AvgIpc) is 2.73. The number of hydrazine groups is 1. The molecule has 2 N–H and O–H groups in total. The van der Waals surface area contributed by atoms with Crippen LogP contribution in [-0.4, -0.2) is 27.1 Å². The normalized spacial score (nSPS) is 10.9. The van der Waals surface area contributed by atoms with Gasteiger partial charge in [-0.2, -0.15) is 0 Å². The second-order valence-electron chi connectivity index (χ2n) is 6.88. The lowest BCUT2D eigenvalue weighted by atomic mass is 10.2. The first-order chi connectivity index (χ1) is 14.0. The molecule has 0 spiro atoms. The van der Waals surface area contributed by atoms with Crippen molar-refractivity contribution in [1.82, 2.24) is 20.4 Å². The number of rotatable bonds is 6. The van der Waals surface area contributed by atoms with E-state index in [0.717, 1.165) is 11.8 Å². The lowest BCUT2D eigenvalue weighted by Gasteiger charge is -2.15. The number of fused-ring (bicyclic) bond motifs is 1. The van der Waals surface area contributed by atoms with Crippen molar-refractivity contribution in [2.45, 2.75) is 25.5 Å². The van der Waals surface area contributed by atoms with Crippen LogP contribution in [0.4, 0.5) is 0 Å². The Morgan fingerprint density at radius 3 is 2.45 bits per heavy atom. The molecular weight excluding hydrogens is 388 g/mol. The Labute approximate surface area is 172 Å². The molecule has 1 heterocycles. The summed E-state index contributed by atoms with van der Waals surface area (Å²) in [5, 5.41) is 1.03. The minimum Gasteiger partial charge on any atom is -0.287 e. The summed E-state index contributed by atoms with van der Waals surface area (Å²) in [5.41, 5.74) is 5.69. The fraction of sp³-hybridized carbons (Fsp3) is 0.238. The van der Waals surface area contributed by atoms with Crippen LogP contribution in [0.1, 0.15) is 24.2 Å². The Balaban J connectivity index is 1.70. The highest BCUT2D eigenvalue weighted by atomic mass is 32.2. The highest BCUT2D eigenvalue weighted by molar-refractivity contribution is 7.99. The molecule has 8 heteroatoms. The minimum absolute atomic E-state index is 0.0119. The van der Waals surface area contributed by atoms with Gasteiger partial charge >= 0.3 is 0 Å². The fourth-order valence-electron chi connectivity index (χ4n) is 2.74. The van der Waals surface area contributed by atoms with Crippen molar-refractivity contribution in [3.63, 3.8) is 0 Å². The third-order valence-corrected chi connectivity index (χ3v) is 5.03. The number of carbonyl (C=O) groups excluding carboxylic acids is 2. The van der Waals surface area contributed by atoms with E-state index in [-0.39, 0.29) is 17.2 Å². The third kappa shape index (κ3) is 5.23. The molecule has 1 aromatic heterocycles. The summed E-state index contributed by atoms with van der Waals surface area (Å²) in [6.07, 6.45) is 0. The molecule has 3 aromatic rings. The largest absolute Gasteiger partial charge is 0.287 e. The number of nitrogens with one attached hydrogen (secondary N) is 2. The van der Waals surface area contributed by atoms with E-state index in [1.54, 1.807) is 53.1 Å². The van der Waals surface area contributed by atoms with Crippen LogP contribution in [0.3, 0.4) is 0 Å². The molecule has 0 atom stereocenters. The lowest BCUT2D eigenvalue weighted by molar-refractivity contribution is -0.119. The van der Waals surface area contributed by atoms with E-state index in [0.29, 0.717) is 28.2 Å². The van der Waals surface area contributed by atoms with E-state index < -0.39 is 11.8 Å². The Bertz CT molecular complexity index is 1080. The molecule has 0 unspecified atom stereocenters. The molecule has 150 valence electrons. The van der Waals surface area contributed by atoms with Gasteiger partial charge in [-0.05, 0) is 30.2 Å². The molecule has 2 aromatic carbocycles. The maximum atomic E-state index is 12.9. The standard InChI is InChI=1S/C21H22N4O3S/c1-14(2)12-25-20(28)16-10-6-7-11-17(16)22-21(25)29-13-18(26)23-24-19(27)15-8-4-3-5-9-15/h3-11,14H,12-13H2,1-2H3,(H,23,26)(H,24,27). The molecule has 2 amide bonds. The van der Waals surface area contributed by atoms with Gasteiger partial charge in [-0.15, -0.1) is 0 Å². The van der Waals surface area contributed by atoms with E-state index in [4.69, 9.17) is 0 Å². The van der Waals surface area contributed by atoms with Gasteiger partial charge in [0.15, 0.2) is 5.16 Å². The second kappa shape index (κ2) is 9.38. The number of nitrogens with zero attached hydrogens (tertiary/aromatic N) is 2. The number of thioether (sulfide) groups is 1. The average molecular weight is 410 g/mol. The van der Waals surface area contributed by atoms with Gasteiger partial charge in [-0.25, -0.2) is 4.98 Å². The second-order valence-corrected chi connectivity index (χ2v) is 7.82. The molecule has 0 fully saturated rings. The highest BCUT2D eigenvalue weighted by Crippen LogP contribution is 2.18. The molecule has 0 aliphatic rings. The van der Waals surface area contributed by atoms with E-state index in [9.17, 15) is 14.4 Å². The zero-order valence-electron chi connectivity index (χ0n) is 16.2. The predicted octanol–water partition coefficient (Wildman–Crippen LogP) is 2.61. The summed E-state index contributed by atoms with van der Waals surface area (Å²) >= 11 is 1.16. The summed E-state index contributed by atoms with van der Waals surface area (Å²) in [7, 11) is 0. The van der Waals surface area contributed by atoms with E-state index in [1.807, 2.05) is 19.9 Å². The van der Waals surface area contributed by atoms with Crippen LogP contribution >= 0.6 is 11.8 Å². The number of hydrogen-bond donors (Lipinski definition) is 2. The smallest absolute Gasteiger partial charge is 0.269 e. The van der Waals surface area contributed by atoms with Gasteiger partial charge in [0.1, 0.15) is 0 Å². The minimum atomic E-state index is -0.399. The molecular formula is C21H22N4O3S. The quantitative estimate of drug-likeness (QED) is 0.370. The molecule has 7 nitrogen and oxygen atoms in total. The van der Waals surface area contributed by atoms with Gasteiger partial charge in [0.2, 0.25) is 5.91 Å². The van der Waals surface area contributed by atoms with Crippen LogP contribution < -0.4 is 16.4 Å².